The molecule has 0 fully saturated rings. The third-order valence-electron chi connectivity index (χ3n) is 3.87. The number of hydrogen-bond donors (Lipinski definition) is 2. The van der Waals surface area contributed by atoms with Crippen LogP contribution in [0.5, 0.6) is 0 Å². The Morgan fingerprint density at radius 3 is 2.79 bits per heavy atom. The molecule has 0 aliphatic carbocycles. The molecule has 0 unspecified atom stereocenters. The first-order valence-corrected chi connectivity index (χ1v) is 7.50. The average Bonchev–Trinajstić information content (AvgIpc) is 3.33. The number of furan rings is 1. The van der Waals surface area contributed by atoms with Crippen LogP contribution < -0.4 is 5.32 Å². The number of nitrogens with one attached hydrogen (secondary N) is 2. The summed E-state index contributed by atoms with van der Waals surface area (Å²) in [4.78, 5) is 4.26. The van der Waals surface area contributed by atoms with E-state index in [-0.39, 0.29) is 0 Å². The largest absolute Gasteiger partial charge is 0.453 e. The van der Waals surface area contributed by atoms with Gasteiger partial charge in [0.05, 0.1) is 17.9 Å². The van der Waals surface area contributed by atoms with Crippen molar-refractivity contribution in [2.24, 2.45) is 0 Å². The van der Waals surface area contributed by atoms with Crippen LogP contribution in [0.3, 0.4) is 0 Å². The number of para-hydroxylation sites is 1. The van der Waals surface area contributed by atoms with Crippen LogP contribution in [0.1, 0.15) is 0 Å². The SMILES string of the molecule is c1ccc2oc(-c3cnc(Nc4ccc5[nH]ncc5c4)o3)cc2c1. The smallest absolute Gasteiger partial charge is 0.299 e. The monoisotopic (exact) mass is 316 g/mol. The summed E-state index contributed by atoms with van der Waals surface area (Å²) in [6.07, 6.45) is 3.42. The number of anilines is 2. The second-order valence-corrected chi connectivity index (χ2v) is 5.48. The lowest BCUT2D eigenvalue weighted by Gasteiger charge is -2.01. The van der Waals surface area contributed by atoms with E-state index in [1.807, 2.05) is 48.5 Å². The molecule has 3 aromatic heterocycles. The van der Waals surface area contributed by atoms with Gasteiger partial charge in [0.2, 0.25) is 0 Å². The van der Waals surface area contributed by atoms with Gasteiger partial charge >= 0.3 is 0 Å². The molecule has 5 aromatic rings. The zero-order valence-electron chi connectivity index (χ0n) is 12.5. The van der Waals surface area contributed by atoms with E-state index in [0.29, 0.717) is 17.5 Å². The molecule has 0 amide bonds. The minimum absolute atomic E-state index is 0.410. The molecule has 0 atom stereocenters. The van der Waals surface area contributed by atoms with Gasteiger partial charge in [0.15, 0.2) is 11.5 Å². The van der Waals surface area contributed by atoms with Gasteiger partial charge in [0.25, 0.3) is 6.01 Å². The Bertz CT molecular complexity index is 1120. The first kappa shape index (κ1) is 13.0. The number of aromatic nitrogens is 3. The normalized spacial score (nSPS) is 11.3. The molecule has 6 nitrogen and oxygen atoms in total. The van der Waals surface area contributed by atoms with Crippen molar-refractivity contribution in [3.8, 4) is 11.5 Å². The molecule has 2 N–H and O–H groups in total. The second-order valence-electron chi connectivity index (χ2n) is 5.48. The highest BCUT2D eigenvalue weighted by Gasteiger charge is 2.12. The molecule has 0 aliphatic heterocycles. The zero-order chi connectivity index (χ0) is 15.9. The predicted molar refractivity (Wildman–Crippen MR) is 91.1 cm³/mol. The Balaban J connectivity index is 1.45. The van der Waals surface area contributed by atoms with Crippen LogP contribution in [0, 0.1) is 0 Å². The number of benzene rings is 2. The number of hydrogen-bond acceptors (Lipinski definition) is 5. The Morgan fingerprint density at radius 1 is 0.875 bits per heavy atom. The van der Waals surface area contributed by atoms with E-state index in [1.165, 1.54) is 0 Å². The fraction of sp³-hybridized carbons (Fsp3) is 0. The quantitative estimate of drug-likeness (QED) is 0.504. The van der Waals surface area contributed by atoms with Gasteiger partial charge in [-0.25, -0.2) is 4.98 Å². The van der Waals surface area contributed by atoms with Crippen molar-refractivity contribution in [3.05, 3.63) is 60.9 Å². The first-order valence-electron chi connectivity index (χ1n) is 7.50. The standard InChI is InChI=1S/C18H12N4O2/c1-2-4-15-11(3-1)8-16(23-15)17-10-19-18(24-17)21-13-5-6-14-12(7-13)9-20-22-14/h1-10H,(H,19,21)(H,20,22). The summed E-state index contributed by atoms with van der Waals surface area (Å²) in [5.41, 5.74) is 2.68. The van der Waals surface area contributed by atoms with Crippen molar-refractivity contribution < 1.29 is 8.83 Å². The molecule has 5 rings (SSSR count). The third kappa shape index (κ3) is 2.13. The molecule has 0 aliphatic rings. The number of oxazole rings is 1. The highest BCUT2D eigenvalue weighted by molar-refractivity contribution is 5.83. The van der Waals surface area contributed by atoms with E-state index < -0.39 is 0 Å². The molecule has 3 heterocycles. The Kier molecular flexibility index (Phi) is 2.69. The molecule has 6 heteroatoms. The van der Waals surface area contributed by atoms with Crippen LogP contribution in [-0.2, 0) is 0 Å². The van der Waals surface area contributed by atoms with E-state index >= 15 is 0 Å². The maximum absolute atomic E-state index is 5.79. The van der Waals surface area contributed by atoms with Gasteiger partial charge < -0.3 is 14.2 Å². The Hall–Kier alpha value is -3.54. The van der Waals surface area contributed by atoms with Crippen molar-refractivity contribution in [1.29, 1.82) is 0 Å². The first-order chi connectivity index (χ1) is 11.8. The van der Waals surface area contributed by atoms with Gasteiger partial charge in [0.1, 0.15) is 5.58 Å². The van der Waals surface area contributed by atoms with E-state index in [2.05, 4.69) is 20.5 Å². The van der Waals surface area contributed by atoms with Crippen LogP contribution >= 0.6 is 0 Å². The summed E-state index contributed by atoms with van der Waals surface area (Å²) in [6, 6.07) is 16.1. The van der Waals surface area contributed by atoms with Gasteiger partial charge in [0, 0.05) is 16.5 Å². The molecule has 0 radical (unpaired) electrons. The molecular weight excluding hydrogens is 304 g/mol. The van der Waals surface area contributed by atoms with Crippen molar-refractivity contribution in [1.82, 2.24) is 15.2 Å². The van der Waals surface area contributed by atoms with Gasteiger partial charge in [-0.05, 0) is 30.3 Å². The highest BCUT2D eigenvalue weighted by atomic mass is 16.4. The number of H-pyrrole nitrogens is 1. The molecule has 0 saturated carbocycles. The zero-order valence-corrected chi connectivity index (χ0v) is 12.5. The summed E-state index contributed by atoms with van der Waals surface area (Å²) in [5.74, 6) is 1.24. The maximum Gasteiger partial charge on any atom is 0.299 e. The van der Waals surface area contributed by atoms with E-state index in [0.717, 1.165) is 27.6 Å². The molecule has 2 aromatic carbocycles. The number of nitrogens with zero attached hydrogens (tertiary/aromatic N) is 2. The highest BCUT2D eigenvalue weighted by Crippen LogP contribution is 2.30. The Morgan fingerprint density at radius 2 is 1.83 bits per heavy atom. The summed E-state index contributed by atoms with van der Waals surface area (Å²) in [5, 5.41) is 12.1. The van der Waals surface area contributed by atoms with Crippen LogP contribution in [0.2, 0.25) is 0 Å². The summed E-state index contributed by atoms with van der Waals surface area (Å²) >= 11 is 0. The van der Waals surface area contributed by atoms with Crippen LogP contribution in [0.25, 0.3) is 33.4 Å². The van der Waals surface area contributed by atoms with Crippen LogP contribution in [-0.4, -0.2) is 15.2 Å². The van der Waals surface area contributed by atoms with E-state index in [4.69, 9.17) is 8.83 Å². The van der Waals surface area contributed by atoms with Crippen molar-refractivity contribution in [2.75, 3.05) is 5.32 Å². The molecule has 0 bridgehead atoms. The molecule has 0 saturated heterocycles. The fourth-order valence-corrected chi connectivity index (χ4v) is 2.69. The molecule has 0 spiro atoms. The third-order valence-corrected chi connectivity index (χ3v) is 3.87. The number of rotatable bonds is 3. The van der Waals surface area contributed by atoms with Crippen LogP contribution in [0.4, 0.5) is 11.7 Å². The number of aromatic amines is 1. The minimum Gasteiger partial charge on any atom is -0.453 e. The molecule has 24 heavy (non-hydrogen) atoms. The summed E-state index contributed by atoms with van der Waals surface area (Å²) in [7, 11) is 0. The lowest BCUT2D eigenvalue weighted by Crippen LogP contribution is -1.89. The van der Waals surface area contributed by atoms with Gasteiger partial charge in [-0.1, -0.05) is 18.2 Å². The fourth-order valence-electron chi connectivity index (χ4n) is 2.69. The van der Waals surface area contributed by atoms with Crippen molar-refractivity contribution in [2.45, 2.75) is 0 Å². The van der Waals surface area contributed by atoms with Crippen molar-refractivity contribution >= 4 is 33.6 Å². The van der Waals surface area contributed by atoms with Gasteiger partial charge in [-0.2, -0.15) is 5.10 Å². The van der Waals surface area contributed by atoms with Crippen LogP contribution in [0.15, 0.2) is 69.8 Å². The van der Waals surface area contributed by atoms with Gasteiger partial charge in [-0.15, -0.1) is 0 Å². The lowest BCUT2D eigenvalue weighted by molar-refractivity contribution is 0.550. The Labute approximate surface area is 136 Å². The van der Waals surface area contributed by atoms with Gasteiger partial charge in [-0.3, -0.25) is 5.10 Å². The average molecular weight is 316 g/mol. The predicted octanol–water partition coefficient (Wildman–Crippen LogP) is 4.71. The van der Waals surface area contributed by atoms with Crippen molar-refractivity contribution in [3.63, 3.8) is 0 Å². The number of fused-ring (bicyclic) bond motifs is 2. The molecule has 116 valence electrons. The van der Waals surface area contributed by atoms with E-state index in [1.54, 1.807) is 12.4 Å². The minimum atomic E-state index is 0.410. The maximum atomic E-state index is 5.79. The summed E-state index contributed by atoms with van der Waals surface area (Å²) < 4.78 is 11.5. The summed E-state index contributed by atoms with van der Waals surface area (Å²) in [6.45, 7) is 0. The molecular formula is C18H12N4O2. The van der Waals surface area contributed by atoms with E-state index in [9.17, 15) is 0 Å². The second kappa shape index (κ2) is 4.99. The topological polar surface area (TPSA) is 79.9 Å². The lowest BCUT2D eigenvalue weighted by atomic mass is 10.2.